The van der Waals surface area contributed by atoms with E-state index < -0.39 is 0 Å². The minimum Gasteiger partial charge on any atom is -0.310 e. The fourth-order valence-corrected chi connectivity index (χ4v) is 4.62. The fraction of sp³-hybridized carbons (Fsp3) is 0.143. The first-order valence-corrected chi connectivity index (χ1v) is 10.2. The maximum Gasteiger partial charge on any atom is 0.0465 e. The highest BCUT2D eigenvalue weighted by Gasteiger charge is 2.35. The van der Waals surface area contributed by atoms with Crippen LogP contribution in [0.25, 0.3) is 11.1 Å². The highest BCUT2D eigenvalue weighted by molar-refractivity contribution is 5.85. The van der Waals surface area contributed by atoms with Crippen molar-refractivity contribution >= 4 is 17.1 Å². The molecule has 0 amide bonds. The van der Waals surface area contributed by atoms with Crippen LogP contribution in [0.1, 0.15) is 30.5 Å². The molecule has 0 saturated carbocycles. The van der Waals surface area contributed by atoms with Crippen molar-refractivity contribution in [3.05, 3.63) is 114 Å². The standard InChI is InChI=1S/C28H25N/c1-20-10-9-13-22(18-20)29(21-11-5-4-6-12-21)23-16-17-25-24-14-7-8-15-26(24)28(2,3)27(25)19-23/h4-19H,1-3H3. The molecule has 0 saturated heterocycles. The number of benzene rings is 4. The smallest absolute Gasteiger partial charge is 0.0465 e. The van der Waals surface area contributed by atoms with E-state index in [-0.39, 0.29) is 5.41 Å². The van der Waals surface area contributed by atoms with Crippen molar-refractivity contribution in [1.29, 1.82) is 0 Å². The molecule has 1 aliphatic rings. The SMILES string of the molecule is Cc1cccc(N(c2ccccc2)c2ccc3c(c2)C(C)(C)c2ccccc2-3)c1. The molecule has 0 spiro atoms. The quantitative estimate of drug-likeness (QED) is 0.353. The zero-order valence-electron chi connectivity index (χ0n) is 17.2. The van der Waals surface area contributed by atoms with Gasteiger partial charge in [0.2, 0.25) is 0 Å². The second-order valence-electron chi connectivity index (χ2n) is 8.41. The molecule has 29 heavy (non-hydrogen) atoms. The van der Waals surface area contributed by atoms with Crippen LogP contribution in [0, 0.1) is 6.92 Å². The highest BCUT2D eigenvalue weighted by atomic mass is 15.1. The van der Waals surface area contributed by atoms with Gasteiger partial charge in [-0.25, -0.2) is 0 Å². The van der Waals surface area contributed by atoms with E-state index in [0.29, 0.717) is 0 Å². The summed E-state index contributed by atoms with van der Waals surface area (Å²) in [7, 11) is 0. The molecule has 0 fully saturated rings. The van der Waals surface area contributed by atoms with Crippen molar-refractivity contribution in [3.8, 4) is 11.1 Å². The molecule has 1 nitrogen and oxygen atoms in total. The number of aryl methyl sites for hydroxylation is 1. The summed E-state index contributed by atoms with van der Waals surface area (Å²) in [6.45, 7) is 6.82. The summed E-state index contributed by atoms with van der Waals surface area (Å²) in [4.78, 5) is 2.35. The Morgan fingerprint density at radius 2 is 1.21 bits per heavy atom. The summed E-state index contributed by atoms with van der Waals surface area (Å²) in [5.41, 5.74) is 10.3. The molecule has 0 radical (unpaired) electrons. The van der Waals surface area contributed by atoms with E-state index in [9.17, 15) is 0 Å². The Balaban J connectivity index is 1.70. The molecule has 0 bridgehead atoms. The summed E-state index contributed by atoms with van der Waals surface area (Å²) in [5.74, 6) is 0. The van der Waals surface area contributed by atoms with E-state index in [4.69, 9.17) is 0 Å². The Hall–Kier alpha value is -3.32. The van der Waals surface area contributed by atoms with E-state index in [1.54, 1.807) is 0 Å². The Morgan fingerprint density at radius 3 is 2.00 bits per heavy atom. The van der Waals surface area contributed by atoms with Crippen molar-refractivity contribution in [2.24, 2.45) is 0 Å². The molecule has 0 atom stereocenters. The number of hydrogen-bond acceptors (Lipinski definition) is 1. The lowest BCUT2D eigenvalue weighted by Crippen LogP contribution is -2.16. The normalized spacial score (nSPS) is 13.6. The van der Waals surface area contributed by atoms with Gasteiger partial charge in [-0.15, -0.1) is 0 Å². The average Bonchev–Trinajstić information content (AvgIpc) is 2.97. The number of hydrogen-bond donors (Lipinski definition) is 0. The van der Waals surface area contributed by atoms with Gasteiger partial charge in [0.1, 0.15) is 0 Å². The molecule has 4 aromatic rings. The number of rotatable bonds is 3. The molecule has 0 aliphatic heterocycles. The predicted octanol–water partition coefficient (Wildman–Crippen LogP) is 7.77. The first-order chi connectivity index (χ1) is 14.1. The van der Waals surface area contributed by atoms with E-state index >= 15 is 0 Å². The van der Waals surface area contributed by atoms with Gasteiger partial charge < -0.3 is 4.90 Å². The lowest BCUT2D eigenvalue weighted by atomic mass is 9.82. The van der Waals surface area contributed by atoms with E-state index in [1.807, 2.05) is 0 Å². The largest absolute Gasteiger partial charge is 0.310 e. The number of anilines is 3. The molecular formula is C28H25N. The monoisotopic (exact) mass is 375 g/mol. The molecule has 1 heteroatoms. The number of nitrogens with zero attached hydrogens (tertiary/aromatic N) is 1. The van der Waals surface area contributed by atoms with Crippen molar-refractivity contribution in [1.82, 2.24) is 0 Å². The minimum absolute atomic E-state index is 0.00308. The van der Waals surface area contributed by atoms with Crippen LogP contribution < -0.4 is 4.90 Å². The van der Waals surface area contributed by atoms with Crippen LogP contribution in [0.3, 0.4) is 0 Å². The highest BCUT2D eigenvalue weighted by Crippen LogP contribution is 2.50. The molecule has 5 rings (SSSR count). The molecule has 0 heterocycles. The third-order valence-electron chi connectivity index (χ3n) is 6.10. The van der Waals surface area contributed by atoms with Crippen LogP contribution in [0.15, 0.2) is 97.1 Å². The summed E-state index contributed by atoms with van der Waals surface area (Å²) < 4.78 is 0. The zero-order chi connectivity index (χ0) is 20.0. The van der Waals surface area contributed by atoms with Crippen LogP contribution in [0.5, 0.6) is 0 Å². The number of fused-ring (bicyclic) bond motifs is 3. The van der Waals surface area contributed by atoms with Crippen LogP contribution >= 0.6 is 0 Å². The second-order valence-corrected chi connectivity index (χ2v) is 8.41. The van der Waals surface area contributed by atoms with E-state index in [0.717, 1.165) is 0 Å². The topological polar surface area (TPSA) is 3.24 Å². The van der Waals surface area contributed by atoms with Crippen molar-refractivity contribution in [2.45, 2.75) is 26.2 Å². The third kappa shape index (κ3) is 2.86. The van der Waals surface area contributed by atoms with Gasteiger partial charge in [-0.3, -0.25) is 0 Å². The second kappa shape index (κ2) is 6.63. The zero-order valence-corrected chi connectivity index (χ0v) is 17.2. The predicted molar refractivity (Wildman–Crippen MR) is 123 cm³/mol. The molecule has 142 valence electrons. The summed E-state index contributed by atoms with van der Waals surface area (Å²) in [6, 6.07) is 35.1. The summed E-state index contributed by atoms with van der Waals surface area (Å²) in [6.07, 6.45) is 0. The van der Waals surface area contributed by atoms with Crippen LogP contribution in [-0.2, 0) is 5.41 Å². The van der Waals surface area contributed by atoms with Crippen molar-refractivity contribution in [2.75, 3.05) is 4.90 Å². The fourth-order valence-electron chi connectivity index (χ4n) is 4.62. The van der Waals surface area contributed by atoms with Gasteiger partial charge in [0.15, 0.2) is 0 Å². The summed E-state index contributed by atoms with van der Waals surface area (Å²) in [5, 5.41) is 0. The van der Waals surface area contributed by atoms with Crippen molar-refractivity contribution in [3.63, 3.8) is 0 Å². The maximum absolute atomic E-state index is 2.38. The summed E-state index contributed by atoms with van der Waals surface area (Å²) >= 11 is 0. The molecule has 1 aliphatic carbocycles. The van der Waals surface area contributed by atoms with Crippen LogP contribution in [0.4, 0.5) is 17.1 Å². The first kappa shape index (κ1) is 17.8. The molecule has 4 aromatic carbocycles. The van der Waals surface area contributed by atoms with E-state index in [2.05, 4.69) is 123 Å². The van der Waals surface area contributed by atoms with Crippen molar-refractivity contribution < 1.29 is 0 Å². The van der Waals surface area contributed by atoms with Gasteiger partial charge in [0.25, 0.3) is 0 Å². The van der Waals surface area contributed by atoms with Gasteiger partial charge >= 0.3 is 0 Å². The Labute approximate surface area is 173 Å². The molecule has 0 N–H and O–H groups in total. The van der Waals surface area contributed by atoms with Gasteiger partial charge in [-0.2, -0.15) is 0 Å². The Bertz CT molecular complexity index is 1190. The third-order valence-corrected chi connectivity index (χ3v) is 6.10. The van der Waals surface area contributed by atoms with Gasteiger partial charge in [-0.1, -0.05) is 74.5 Å². The molecule has 0 aromatic heterocycles. The van der Waals surface area contributed by atoms with Crippen LogP contribution in [-0.4, -0.2) is 0 Å². The molecule has 0 unspecified atom stereocenters. The first-order valence-electron chi connectivity index (χ1n) is 10.2. The lowest BCUT2D eigenvalue weighted by molar-refractivity contribution is 0.660. The molecular weight excluding hydrogens is 350 g/mol. The Morgan fingerprint density at radius 1 is 0.552 bits per heavy atom. The maximum atomic E-state index is 2.38. The van der Waals surface area contributed by atoms with Crippen LogP contribution in [0.2, 0.25) is 0 Å². The lowest BCUT2D eigenvalue weighted by Gasteiger charge is -2.28. The van der Waals surface area contributed by atoms with Gasteiger partial charge in [-0.05, 0) is 71.1 Å². The minimum atomic E-state index is -0.00308. The van der Waals surface area contributed by atoms with Gasteiger partial charge in [0, 0.05) is 22.5 Å². The number of para-hydroxylation sites is 1. The van der Waals surface area contributed by atoms with Gasteiger partial charge in [0.05, 0.1) is 0 Å². The van der Waals surface area contributed by atoms with E-state index in [1.165, 1.54) is 44.9 Å². The average molecular weight is 376 g/mol. The Kier molecular flexibility index (Phi) is 4.06.